The molecule has 1 aromatic carbocycles. The van der Waals surface area contributed by atoms with Crippen molar-refractivity contribution in [1.82, 2.24) is 15.1 Å². The predicted octanol–water partition coefficient (Wildman–Crippen LogP) is 2.81. The van der Waals surface area contributed by atoms with Crippen molar-refractivity contribution in [3.63, 3.8) is 0 Å². The molecule has 0 spiro atoms. The maximum Gasteiger partial charge on any atom is 0.222 e. The average molecular weight is 319 g/mol. The SMILES string of the molecule is O=C1CCCN1C1CCN(c2cc(Cl)cc3[nH]ncc23)CC1. The number of hydrogen-bond acceptors (Lipinski definition) is 3. The Morgan fingerprint density at radius 2 is 2.05 bits per heavy atom. The molecular formula is C16H19ClN4O. The second-order valence-corrected chi connectivity index (χ2v) is 6.60. The zero-order valence-corrected chi connectivity index (χ0v) is 13.1. The summed E-state index contributed by atoms with van der Waals surface area (Å²) in [5.74, 6) is 0.332. The van der Waals surface area contributed by atoms with Crippen LogP contribution in [0.25, 0.3) is 10.9 Å². The Balaban J connectivity index is 1.53. The van der Waals surface area contributed by atoms with Crippen molar-refractivity contribution in [2.45, 2.75) is 31.7 Å². The van der Waals surface area contributed by atoms with Crippen molar-refractivity contribution in [2.75, 3.05) is 24.5 Å². The molecule has 1 N–H and O–H groups in total. The molecule has 116 valence electrons. The molecular weight excluding hydrogens is 300 g/mol. The fraction of sp³-hybridized carbons (Fsp3) is 0.500. The van der Waals surface area contributed by atoms with Crippen LogP contribution in [0.5, 0.6) is 0 Å². The van der Waals surface area contributed by atoms with Gasteiger partial charge in [-0.1, -0.05) is 11.6 Å². The highest BCUT2D eigenvalue weighted by Crippen LogP contribution is 2.32. The minimum atomic E-state index is 0.332. The maximum atomic E-state index is 11.9. The molecule has 0 saturated carbocycles. The summed E-state index contributed by atoms with van der Waals surface area (Å²) < 4.78 is 0. The molecule has 0 atom stereocenters. The van der Waals surface area contributed by atoms with Crippen LogP contribution < -0.4 is 4.90 Å². The maximum absolute atomic E-state index is 11.9. The third kappa shape index (κ3) is 2.33. The molecule has 0 bridgehead atoms. The normalized spacial score (nSPS) is 20.3. The first kappa shape index (κ1) is 13.9. The quantitative estimate of drug-likeness (QED) is 0.926. The standard InChI is InChI=1S/C16H19ClN4O/c17-11-8-14-13(10-18-19-14)15(9-11)20-6-3-12(4-7-20)21-5-1-2-16(21)22/h8-10,12H,1-7H2,(H,18,19). The monoisotopic (exact) mass is 318 g/mol. The van der Waals surface area contributed by atoms with Crippen LogP contribution in [0.1, 0.15) is 25.7 Å². The van der Waals surface area contributed by atoms with E-state index in [2.05, 4.69) is 20.0 Å². The summed E-state index contributed by atoms with van der Waals surface area (Å²) in [6, 6.07) is 4.33. The van der Waals surface area contributed by atoms with E-state index >= 15 is 0 Å². The van der Waals surface area contributed by atoms with Crippen LogP contribution in [0.3, 0.4) is 0 Å². The van der Waals surface area contributed by atoms with E-state index in [9.17, 15) is 4.79 Å². The molecule has 3 heterocycles. The molecule has 2 aliphatic heterocycles. The van der Waals surface area contributed by atoms with E-state index in [-0.39, 0.29) is 0 Å². The van der Waals surface area contributed by atoms with Crippen LogP contribution in [0.15, 0.2) is 18.3 Å². The lowest BCUT2D eigenvalue weighted by Crippen LogP contribution is -2.45. The van der Waals surface area contributed by atoms with Crippen LogP contribution in [0.4, 0.5) is 5.69 Å². The van der Waals surface area contributed by atoms with E-state index in [1.807, 2.05) is 18.3 Å². The molecule has 0 radical (unpaired) electrons. The van der Waals surface area contributed by atoms with Crippen molar-refractivity contribution in [2.24, 2.45) is 0 Å². The van der Waals surface area contributed by atoms with E-state index < -0.39 is 0 Å². The summed E-state index contributed by atoms with van der Waals surface area (Å²) in [5.41, 5.74) is 2.11. The molecule has 6 heteroatoms. The van der Waals surface area contributed by atoms with Crippen molar-refractivity contribution >= 4 is 34.1 Å². The summed E-state index contributed by atoms with van der Waals surface area (Å²) >= 11 is 6.22. The van der Waals surface area contributed by atoms with Gasteiger partial charge in [0.25, 0.3) is 0 Å². The van der Waals surface area contributed by atoms with Crippen LogP contribution in [-0.2, 0) is 4.79 Å². The largest absolute Gasteiger partial charge is 0.371 e. The van der Waals surface area contributed by atoms with E-state index in [1.165, 1.54) is 0 Å². The highest BCUT2D eigenvalue weighted by Gasteiger charge is 2.31. The smallest absolute Gasteiger partial charge is 0.222 e. The number of carbonyl (C=O) groups excluding carboxylic acids is 1. The van der Waals surface area contributed by atoms with Gasteiger partial charge < -0.3 is 9.80 Å². The summed E-state index contributed by atoms with van der Waals surface area (Å²) in [7, 11) is 0. The number of carbonyl (C=O) groups is 1. The molecule has 4 rings (SSSR count). The Morgan fingerprint density at radius 3 is 2.77 bits per heavy atom. The molecule has 2 aliphatic rings. The fourth-order valence-corrected chi connectivity index (χ4v) is 3.95. The number of aromatic nitrogens is 2. The Bertz CT molecular complexity index is 705. The van der Waals surface area contributed by atoms with Crippen molar-refractivity contribution in [1.29, 1.82) is 0 Å². The number of rotatable bonds is 2. The van der Waals surface area contributed by atoms with Gasteiger partial charge in [0.2, 0.25) is 5.91 Å². The lowest BCUT2D eigenvalue weighted by atomic mass is 10.0. The third-order valence-electron chi connectivity index (χ3n) is 4.86. The molecule has 2 saturated heterocycles. The van der Waals surface area contributed by atoms with Gasteiger partial charge >= 0.3 is 0 Å². The van der Waals surface area contributed by atoms with Gasteiger partial charge in [0.05, 0.1) is 11.7 Å². The number of halogens is 1. The van der Waals surface area contributed by atoms with E-state index in [4.69, 9.17) is 11.6 Å². The highest BCUT2D eigenvalue weighted by molar-refractivity contribution is 6.31. The second-order valence-electron chi connectivity index (χ2n) is 6.17. The van der Waals surface area contributed by atoms with Gasteiger partial charge in [0.15, 0.2) is 0 Å². The van der Waals surface area contributed by atoms with Crippen LogP contribution >= 0.6 is 11.6 Å². The van der Waals surface area contributed by atoms with Crippen LogP contribution in [0, 0.1) is 0 Å². The number of piperidine rings is 1. The van der Waals surface area contributed by atoms with Gasteiger partial charge in [-0.15, -0.1) is 0 Å². The first-order valence-electron chi connectivity index (χ1n) is 7.89. The van der Waals surface area contributed by atoms with Gasteiger partial charge in [-0.2, -0.15) is 5.10 Å². The predicted molar refractivity (Wildman–Crippen MR) is 87.3 cm³/mol. The molecule has 0 unspecified atom stereocenters. The number of hydrogen-bond donors (Lipinski definition) is 1. The Labute approximate surface area is 134 Å². The first-order chi connectivity index (χ1) is 10.7. The number of benzene rings is 1. The molecule has 0 aliphatic carbocycles. The Hall–Kier alpha value is -1.75. The van der Waals surface area contributed by atoms with Crippen LogP contribution in [0.2, 0.25) is 5.02 Å². The summed E-state index contributed by atoms with van der Waals surface area (Å²) in [6.45, 7) is 2.84. The molecule has 1 aromatic heterocycles. The highest BCUT2D eigenvalue weighted by atomic mass is 35.5. The van der Waals surface area contributed by atoms with Gasteiger partial charge in [0, 0.05) is 48.2 Å². The number of nitrogens with one attached hydrogen (secondary N) is 1. The molecule has 2 aromatic rings. The lowest BCUT2D eigenvalue weighted by molar-refractivity contribution is -0.130. The van der Waals surface area contributed by atoms with E-state index in [0.717, 1.165) is 66.9 Å². The number of anilines is 1. The molecule has 22 heavy (non-hydrogen) atoms. The van der Waals surface area contributed by atoms with Gasteiger partial charge in [-0.3, -0.25) is 9.89 Å². The third-order valence-corrected chi connectivity index (χ3v) is 5.08. The molecule has 2 fully saturated rings. The average Bonchev–Trinajstić information content (AvgIpc) is 3.15. The number of amides is 1. The van der Waals surface area contributed by atoms with Crippen molar-refractivity contribution in [3.05, 3.63) is 23.4 Å². The van der Waals surface area contributed by atoms with E-state index in [1.54, 1.807) is 0 Å². The number of likely N-dealkylation sites (tertiary alicyclic amines) is 1. The van der Waals surface area contributed by atoms with E-state index in [0.29, 0.717) is 11.9 Å². The van der Waals surface area contributed by atoms with Gasteiger partial charge in [0.1, 0.15) is 0 Å². The number of fused-ring (bicyclic) bond motifs is 1. The van der Waals surface area contributed by atoms with Gasteiger partial charge in [-0.25, -0.2) is 0 Å². The van der Waals surface area contributed by atoms with Crippen LogP contribution in [-0.4, -0.2) is 46.7 Å². The number of aromatic amines is 1. The number of H-pyrrole nitrogens is 1. The minimum Gasteiger partial charge on any atom is -0.371 e. The van der Waals surface area contributed by atoms with Gasteiger partial charge in [-0.05, 0) is 31.4 Å². The van der Waals surface area contributed by atoms with Crippen molar-refractivity contribution in [3.8, 4) is 0 Å². The zero-order chi connectivity index (χ0) is 15.1. The Kier molecular flexibility index (Phi) is 3.45. The summed E-state index contributed by atoms with van der Waals surface area (Å²) in [4.78, 5) is 16.3. The summed E-state index contributed by atoms with van der Waals surface area (Å²) in [6.07, 6.45) is 5.65. The first-order valence-corrected chi connectivity index (χ1v) is 8.27. The zero-order valence-electron chi connectivity index (χ0n) is 12.4. The summed E-state index contributed by atoms with van der Waals surface area (Å²) in [5, 5.41) is 8.94. The number of nitrogens with zero attached hydrogens (tertiary/aromatic N) is 3. The topological polar surface area (TPSA) is 52.2 Å². The lowest BCUT2D eigenvalue weighted by Gasteiger charge is -2.38. The second kappa shape index (κ2) is 5.47. The molecule has 1 amide bonds. The fourth-order valence-electron chi connectivity index (χ4n) is 3.73. The Morgan fingerprint density at radius 1 is 1.23 bits per heavy atom. The van der Waals surface area contributed by atoms with Crippen molar-refractivity contribution < 1.29 is 4.79 Å². The minimum absolute atomic E-state index is 0.332. The molecule has 5 nitrogen and oxygen atoms in total.